The average Bonchev–Trinajstić information content (AvgIpc) is 2.33. The Morgan fingerprint density at radius 3 is 2.56 bits per heavy atom. The molecule has 0 heterocycles. The van der Waals surface area contributed by atoms with Crippen molar-refractivity contribution in [1.29, 1.82) is 0 Å². The number of rotatable bonds is 8. The molecule has 1 aromatic rings. The number of hydrogen-bond acceptors (Lipinski definition) is 4. The zero-order valence-electron chi connectivity index (χ0n) is 9.48. The van der Waals surface area contributed by atoms with Crippen LogP contribution >= 0.6 is 0 Å². The lowest BCUT2D eigenvalue weighted by Gasteiger charge is -2.07. The quantitative estimate of drug-likeness (QED) is 0.581. The van der Waals surface area contributed by atoms with Crippen LogP contribution in [0.5, 0.6) is 5.75 Å². The Labute approximate surface area is 96.4 Å². The summed E-state index contributed by atoms with van der Waals surface area (Å²) in [7, 11) is 0. The standard InChI is InChI=1S/C12H20N2O2/c13-7-1-2-8-14-11-3-5-12(6-4-11)16-10-9-15/h3-6,14-15H,1-2,7-10,13H2. The highest BCUT2D eigenvalue weighted by Gasteiger charge is 1.94. The van der Waals surface area contributed by atoms with Gasteiger partial charge in [0.2, 0.25) is 0 Å². The maximum Gasteiger partial charge on any atom is 0.119 e. The lowest BCUT2D eigenvalue weighted by Crippen LogP contribution is -2.05. The number of unbranched alkanes of at least 4 members (excludes halogenated alkanes) is 1. The number of anilines is 1. The van der Waals surface area contributed by atoms with Gasteiger partial charge in [-0.3, -0.25) is 0 Å². The molecule has 0 atom stereocenters. The van der Waals surface area contributed by atoms with Gasteiger partial charge in [-0.25, -0.2) is 0 Å². The van der Waals surface area contributed by atoms with Crippen molar-refractivity contribution in [3.63, 3.8) is 0 Å². The first kappa shape index (κ1) is 12.8. The fraction of sp³-hybridized carbons (Fsp3) is 0.500. The normalized spacial score (nSPS) is 10.1. The molecule has 0 aliphatic rings. The smallest absolute Gasteiger partial charge is 0.119 e. The van der Waals surface area contributed by atoms with Crippen LogP contribution in [-0.2, 0) is 0 Å². The molecule has 1 rings (SSSR count). The van der Waals surface area contributed by atoms with Gasteiger partial charge in [0.05, 0.1) is 6.61 Å². The number of aliphatic hydroxyl groups is 1. The molecule has 90 valence electrons. The maximum absolute atomic E-state index is 8.60. The van der Waals surface area contributed by atoms with Crippen LogP contribution in [0.1, 0.15) is 12.8 Å². The first-order valence-corrected chi connectivity index (χ1v) is 5.64. The Morgan fingerprint density at radius 2 is 1.94 bits per heavy atom. The van der Waals surface area contributed by atoms with Crippen molar-refractivity contribution >= 4 is 5.69 Å². The first-order valence-electron chi connectivity index (χ1n) is 5.64. The number of aliphatic hydroxyl groups excluding tert-OH is 1. The molecular formula is C12H20N2O2. The summed E-state index contributed by atoms with van der Waals surface area (Å²) in [6, 6.07) is 7.71. The van der Waals surface area contributed by atoms with E-state index in [9.17, 15) is 0 Å². The first-order chi connectivity index (χ1) is 7.86. The third-order valence-electron chi connectivity index (χ3n) is 2.17. The Hall–Kier alpha value is -1.26. The molecule has 0 aliphatic heterocycles. The fourth-order valence-corrected chi connectivity index (χ4v) is 1.33. The Balaban J connectivity index is 2.27. The lowest BCUT2D eigenvalue weighted by molar-refractivity contribution is 0.201. The number of nitrogens with one attached hydrogen (secondary N) is 1. The van der Waals surface area contributed by atoms with Gasteiger partial charge in [-0.05, 0) is 43.7 Å². The predicted octanol–water partition coefficient (Wildman–Crippen LogP) is 1.21. The van der Waals surface area contributed by atoms with E-state index in [-0.39, 0.29) is 6.61 Å². The van der Waals surface area contributed by atoms with Gasteiger partial charge in [-0.15, -0.1) is 0 Å². The van der Waals surface area contributed by atoms with Crippen molar-refractivity contribution in [3.8, 4) is 5.75 Å². The molecule has 0 unspecified atom stereocenters. The third-order valence-corrected chi connectivity index (χ3v) is 2.17. The van der Waals surface area contributed by atoms with E-state index in [1.807, 2.05) is 24.3 Å². The van der Waals surface area contributed by atoms with Crippen LogP contribution in [0.4, 0.5) is 5.69 Å². The number of nitrogens with two attached hydrogens (primary N) is 1. The van der Waals surface area contributed by atoms with Crippen molar-refractivity contribution in [2.45, 2.75) is 12.8 Å². The van der Waals surface area contributed by atoms with E-state index in [0.717, 1.165) is 37.4 Å². The predicted molar refractivity (Wildman–Crippen MR) is 65.8 cm³/mol. The second-order valence-corrected chi connectivity index (χ2v) is 3.52. The van der Waals surface area contributed by atoms with Crippen molar-refractivity contribution in [2.24, 2.45) is 5.73 Å². The lowest BCUT2D eigenvalue weighted by atomic mass is 10.2. The van der Waals surface area contributed by atoms with E-state index >= 15 is 0 Å². The van der Waals surface area contributed by atoms with Gasteiger partial charge < -0.3 is 20.9 Å². The molecule has 0 aromatic heterocycles. The molecule has 4 N–H and O–H groups in total. The van der Waals surface area contributed by atoms with E-state index in [2.05, 4.69) is 5.32 Å². The molecule has 4 nitrogen and oxygen atoms in total. The Bertz CT molecular complexity index is 275. The van der Waals surface area contributed by atoms with Crippen LogP contribution in [0.3, 0.4) is 0 Å². The van der Waals surface area contributed by atoms with Crippen LogP contribution in [0, 0.1) is 0 Å². The van der Waals surface area contributed by atoms with E-state index < -0.39 is 0 Å². The number of benzene rings is 1. The summed E-state index contributed by atoms with van der Waals surface area (Å²) in [5.41, 5.74) is 6.49. The molecule has 0 fully saturated rings. The van der Waals surface area contributed by atoms with Gasteiger partial charge in [0, 0.05) is 12.2 Å². The topological polar surface area (TPSA) is 67.5 Å². The monoisotopic (exact) mass is 224 g/mol. The third kappa shape index (κ3) is 5.00. The van der Waals surface area contributed by atoms with E-state index in [0.29, 0.717) is 6.61 Å². The summed E-state index contributed by atoms with van der Waals surface area (Å²) in [6.45, 7) is 2.06. The van der Waals surface area contributed by atoms with Gasteiger partial charge in [-0.2, -0.15) is 0 Å². The zero-order chi connectivity index (χ0) is 11.6. The van der Waals surface area contributed by atoms with E-state index in [4.69, 9.17) is 15.6 Å². The SMILES string of the molecule is NCCCCNc1ccc(OCCO)cc1. The summed E-state index contributed by atoms with van der Waals surface area (Å²) in [4.78, 5) is 0. The molecule has 4 heteroatoms. The summed E-state index contributed by atoms with van der Waals surface area (Å²) in [6.07, 6.45) is 2.13. The highest BCUT2D eigenvalue weighted by molar-refractivity contribution is 5.46. The van der Waals surface area contributed by atoms with Crippen LogP contribution < -0.4 is 15.8 Å². The molecule has 0 bridgehead atoms. The van der Waals surface area contributed by atoms with Crippen LogP contribution in [0.15, 0.2) is 24.3 Å². The van der Waals surface area contributed by atoms with Gasteiger partial charge in [0.15, 0.2) is 0 Å². The number of hydrogen-bond donors (Lipinski definition) is 3. The second-order valence-electron chi connectivity index (χ2n) is 3.52. The molecule has 0 saturated carbocycles. The Kier molecular flexibility index (Phi) is 6.37. The molecule has 0 amide bonds. The van der Waals surface area contributed by atoms with Crippen molar-refractivity contribution < 1.29 is 9.84 Å². The highest BCUT2D eigenvalue weighted by Crippen LogP contribution is 2.15. The largest absolute Gasteiger partial charge is 0.491 e. The molecular weight excluding hydrogens is 204 g/mol. The van der Waals surface area contributed by atoms with E-state index in [1.165, 1.54) is 0 Å². The van der Waals surface area contributed by atoms with Crippen LogP contribution in [-0.4, -0.2) is 31.4 Å². The number of ether oxygens (including phenoxy) is 1. The molecule has 0 saturated heterocycles. The minimum absolute atomic E-state index is 0.0408. The molecule has 1 aromatic carbocycles. The Morgan fingerprint density at radius 1 is 1.19 bits per heavy atom. The molecule has 0 aliphatic carbocycles. The molecule has 16 heavy (non-hydrogen) atoms. The fourth-order valence-electron chi connectivity index (χ4n) is 1.33. The van der Waals surface area contributed by atoms with Gasteiger partial charge in [0.1, 0.15) is 12.4 Å². The maximum atomic E-state index is 8.60. The summed E-state index contributed by atoms with van der Waals surface area (Å²) in [5, 5.41) is 11.9. The van der Waals surface area contributed by atoms with Crippen LogP contribution in [0.25, 0.3) is 0 Å². The highest BCUT2D eigenvalue weighted by atomic mass is 16.5. The van der Waals surface area contributed by atoms with Gasteiger partial charge in [-0.1, -0.05) is 0 Å². The molecule has 0 spiro atoms. The summed E-state index contributed by atoms with van der Waals surface area (Å²) >= 11 is 0. The van der Waals surface area contributed by atoms with Gasteiger partial charge >= 0.3 is 0 Å². The minimum Gasteiger partial charge on any atom is -0.491 e. The zero-order valence-corrected chi connectivity index (χ0v) is 9.48. The second kappa shape index (κ2) is 7.96. The summed E-state index contributed by atoms with van der Waals surface area (Å²) < 4.78 is 5.26. The van der Waals surface area contributed by atoms with Crippen molar-refractivity contribution in [1.82, 2.24) is 0 Å². The average molecular weight is 224 g/mol. The van der Waals surface area contributed by atoms with E-state index in [1.54, 1.807) is 0 Å². The van der Waals surface area contributed by atoms with Gasteiger partial charge in [0.25, 0.3) is 0 Å². The summed E-state index contributed by atoms with van der Waals surface area (Å²) in [5.74, 6) is 0.779. The van der Waals surface area contributed by atoms with Crippen molar-refractivity contribution in [3.05, 3.63) is 24.3 Å². The minimum atomic E-state index is 0.0408. The molecule has 0 radical (unpaired) electrons. The van der Waals surface area contributed by atoms with Crippen molar-refractivity contribution in [2.75, 3.05) is 31.6 Å². The van der Waals surface area contributed by atoms with Crippen LogP contribution in [0.2, 0.25) is 0 Å².